The van der Waals surface area contributed by atoms with Gasteiger partial charge in [0.2, 0.25) is 0 Å². The zero-order valence-corrected chi connectivity index (χ0v) is 16.4. The summed E-state index contributed by atoms with van der Waals surface area (Å²) in [7, 11) is 1.83. The number of aromatic nitrogens is 2. The summed E-state index contributed by atoms with van der Waals surface area (Å²) in [6.07, 6.45) is 5.73. The number of rotatable bonds is 3. The summed E-state index contributed by atoms with van der Waals surface area (Å²) < 4.78 is 3.35. The molecule has 2 aromatic heterocycles. The van der Waals surface area contributed by atoms with Gasteiger partial charge in [0.25, 0.3) is 11.5 Å². The van der Waals surface area contributed by atoms with Crippen molar-refractivity contribution in [3.8, 4) is 5.69 Å². The van der Waals surface area contributed by atoms with E-state index in [9.17, 15) is 9.59 Å². The molecule has 1 aliphatic rings. The first-order valence-corrected chi connectivity index (χ1v) is 10.1. The van der Waals surface area contributed by atoms with E-state index in [-0.39, 0.29) is 11.5 Å². The molecule has 1 N–H and O–H groups in total. The molecular weight excluding hydrogens is 358 g/mol. The van der Waals surface area contributed by atoms with Gasteiger partial charge in [0, 0.05) is 11.9 Å². The summed E-state index contributed by atoms with van der Waals surface area (Å²) in [5, 5.41) is 2.87. The first kappa shape index (κ1) is 17.8. The zero-order chi connectivity index (χ0) is 19.0. The van der Waals surface area contributed by atoms with Crippen molar-refractivity contribution in [2.75, 3.05) is 5.32 Å². The molecule has 5 nitrogen and oxygen atoms in total. The molecular formula is C21H23N3O2S. The van der Waals surface area contributed by atoms with Crippen LogP contribution >= 0.6 is 11.3 Å². The molecule has 2 heterocycles. The van der Waals surface area contributed by atoms with E-state index in [4.69, 9.17) is 0 Å². The molecule has 6 heteroatoms. The number of fused-ring (bicyclic) bond motifs is 1. The minimum atomic E-state index is -0.215. The molecule has 0 aliphatic heterocycles. The lowest BCUT2D eigenvalue weighted by molar-refractivity contribution is 0.103. The fourth-order valence-corrected chi connectivity index (χ4v) is 4.82. The second-order valence-electron chi connectivity index (χ2n) is 7.01. The van der Waals surface area contributed by atoms with E-state index >= 15 is 0 Å². The van der Waals surface area contributed by atoms with Crippen LogP contribution in [-0.4, -0.2) is 15.3 Å². The van der Waals surface area contributed by atoms with E-state index in [1.54, 1.807) is 20.7 Å². The van der Waals surface area contributed by atoms with Crippen molar-refractivity contribution in [2.24, 2.45) is 7.05 Å². The molecule has 1 aliphatic carbocycles. The van der Waals surface area contributed by atoms with Gasteiger partial charge >= 0.3 is 0 Å². The zero-order valence-electron chi connectivity index (χ0n) is 15.6. The Kier molecular flexibility index (Phi) is 4.74. The Balaban J connectivity index is 1.65. The quantitative estimate of drug-likeness (QED) is 0.696. The molecule has 1 amide bonds. The fraction of sp³-hybridized carbons (Fsp3) is 0.333. The van der Waals surface area contributed by atoms with Crippen LogP contribution in [0.15, 0.2) is 41.2 Å². The Labute approximate surface area is 162 Å². The van der Waals surface area contributed by atoms with Crippen molar-refractivity contribution in [2.45, 2.75) is 39.0 Å². The third-order valence-corrected chi connectivity index (χ3v) is 6.50. The van der Waals surface area contributed by atoms with Crippen molar-refractivity contribution < 1.29 is 4.79 Å². The van der Waals surface area contributed by atoms with E-state index in [1.807, 2.05) is 50.4 Å². The minimum absolute atomic E-state index is 0.195. The van der Waals surface area contributed by atoms with Crippen molar-refractivity contribution >= 4 is 22.9 Å². The summed E-state index contributed by atoms with van der Waals surface area (Å²) in [6.45, 7) is 1.85. The van der Waals surface area contributed by atoms with Gasteiger partial charge in [0.05, 0.1) is 16.3 Å². The molecule has 0 saturated carbocycles. The van der Waals surface area contributed by atoms with Crippen LogP contribution in [0.3, 0.4) is 0 Å². The van der Waals surface area contributed by atoms with E-state index in [0.717, 1.165) is 24.2 Å². The Bertz CT molecular complexity index is 1020. The maximum atomic E-state index is 12.9. The smallest absolute Gasteiger partial charge is 0.295 e. The molecule has 140 valence electrons. The molecule has 0 saturated heterocycles. The molecule has 0 unspecified atom stereocenters. The summed E-state index contributed by atoms with van der Waals surface area (Å²) in [6, 6.07) is 11.5. The van der Waals surface area contributed by atoms with Crippen molar-refractivity contribution in [3.63, 3.8) is 0 Å². The largest absolute Gasteiger partial charge is 0.315 e. The third kappa shape index (κ3) is 3.25. The monoisotopic (exact) mass is 381 g/mol. The van der Waals surface area contributed by atoms with Gasteiger partial charge in [-0.25, -0.2) is 4.68 Å². The van der Waals surface area contributed by atoms with Gasteiger partial charge in [-0.15, -0.1) is 11.3 Å². The second-order valence-corrected chi connectivity index (χ2v) is 8.15. The topological polar surface area (TPSA) is 56.0 Å². The average Bonchev–Trinajstić information content (AvgIpc) is 3.07. The van der Waals surface area contributed by atoms with Crippen LogP contribution in [0, 0.1) is 6.92 Å². The summed E-state index contributed by atoms with van der Waals surface area (Å²) in [5.74, 6) is -0.195. The van der Waals surface area contributed by atoms with E-state index in [0.29, 0.717) is 10.6 Å². The lowest BCUT2D eigenvalue weighted by atomic mass is 10.1. The highest BCUT2D eigenvalue weighted by Crippen LogP contribution is 2.29. The number of thiophene rings is 1. The molecule has 0 fully saturated rings. The number of anilines is 1. The number of nitrogens with one attached hydrogen (secondary N) is 1. The Morgan fingerprint density at radius 1 is 1.11 bits per heavy atom. The number of carbonyl (C=O) groups is 1. The summed E-state index contributed by atoms with van der Waals surface area (Å²) >= 11 is 1.57. The number of hydrogen-bond donors (Lipinski definition) is 1. The van der Waals surface area contributed by atoms with Gasteiger partial charge < -0.3 is 5.32 Å². The molecule has 0 atom stereocenters. The van der Waals surface area contributed by atoms with Gasteiger partial charge in [-0.3, -0.25) is 14.3 Å². The van der Waals surface area contributed by atoms with Crippen LogP contribution in [0.4, 0.5) is 5.69 Å². The normalized spacial score (nSPS) is 13.9. The van der Waals surface area contributed by atoms with Gasteiger partial charge in [-0.2, -0.15) is 0 Å². The van der Waals surface area contributed by atoms with E-state index < -0.39 is 0 Å². The first-order chi connectivity index (χ1) is 13.1. The maximum Gasteiger partial charge on any atom is 0.295 e. The van der Waals surface area contributed by atoms with E-state index in [1.165, 1.54) is 29.7 Å². The van der Waals surface area contributed by atoms with Crippen molar-refractivity contribution in [1.82, 2.24) is 9.36 Å². The Morgan fingerprint density at radius 2 is 1.85 bits per heavy atom. The van der Waals surface area contributed by atoms with Gasteiger partial charge in [0.1, 0.15) is 5.69 Å². The second kappa shape index (κ2) is 7.19. The van der Waals surface area contributed by atoms with Crippen molar-refractivity contribution in [1.29, 1.82) is 0 Å². The average molecular weight is 382 g/mol. The first-order valence-electron chi connectivity index (χ1n) is 9.33. The van der Waals surface area contributed by atoms with Crippen LogP contribution < -0.4 is 10.9 Å². The van der Waals surface area contributed by atoms with Crippen LogP contribution in [0.2, 0.25) is 0 Å². The maximum absolute atomic E-state index is 12.9. The van der Waals surface area contributed by atoms with Crippen LogP contribution in [0.5, 0.6) is 0 Å². The standard InChI is InChI=1S/C21H23N3O2S/c1-14-19(21(26)24(23(14)2)16-10-6-4-7-11-16)22-20(25)18-13-15-9-5-3-8-12-17(15)27-18/h4,6-7,10-11,13H,3,5,8-9,12H2,1-2H3,(H,22,25). The van der Waals surface area contributed by atoms with Crippen LogP contribution in [0.25, 0.3) is 5.69 Å². The minimum Gasteiger partial charge on any atom is -0.315 e. The number of hydrogen-bond acceptors (Lipinski definition) is 3. The molecule has 4 rings (SSSR count). The Morgan fingerprint density at radius 3 is 2.63 bits per heavy atom. The lowest BCUT2D eigenvalue weighted by Crippen LogP contribution is -2.22. The predicted molar refractivity (Wildman–Crippen MR) is 109 cm³/mol. The van der Waals surface area contributed by atoms with Gasteiger partial charge in [-0.1, -0.05) is 24.6 Å². The number of carbonyl (C=O) groups excluding carboxylic acids is 1. The van der Waals surface area contributed by atoms with Crippen LogP contribution in [0.1, 0.15) is 45.1 Å². The highest BCUT2D eigenvalue weighted by molar-refractivity contribution is 7.14. The predicted octanol–water partition coefficient (Wildman–Crippen LogP) is 4.07. The summed E-state index contributed by atoms with van der Waals surface area (Å²) in [4.78, 5) is 27.8. The van der Waals surface area contributed by atoms with E-state index in [2.05, 4.69) is 5.32 Å². The number of amides is 1. The SMILES string of the molecule is Cc1c(NC(=O)c2cc3c(s2)CCCCC3)c(=O)n(-c2ccccc2)n1C. The Hall–Kier alpha value is -2.60. The number of benzene rings is 1. The number of nitrogens with zero attached hydrogens (tertiary/aromatic N) is 2. The van der Waals surface area contributed by atoms with Gasteiger partial charge in [0.15, 0.2) is 0 Å². The summed E-state index contributed by atoms with van der Waals surface area (Å²) in [5.41, 5.74) is 2.93. The molecule has 1 aromatic carbocycles. The molecule has 0 bridgehead atoms. The molecule has 3 aromatic rings. The lowest BCUT2D eigenvalue weighted by Gasteiger charge is -2.07. The highest BCUT2D eigenvalue weighted by Gasteiger charge is 2.21. The molecule has 27 heavy (non-hydrogen) atoms. The third-order valence-electron chi connectivity index (χ3n) is 5.26. The molecule has 0 radical (unpaired) electrons. The van der Waals surface area contributed by atoms with Gasteiger partial charge in [-0.05, 0) is 56.4 Å². The fourth-order valence-electron chi connectivity index (χ4n) is 3.67. The van der Waals surface area contributed by atoms with Crippen LogP contribution in [-0.2, 0) is 19.9 Å². The van der Waals surface area contributed by atoms with Crippen molar-refractivity contribution in [3.05, 3.63) is 67.8 Å². The number of para-hydroxylation sites is 1. The molecule has 0 spiro atoms. The highest BCUT2D eigenvalue weighted by atomic mass is 32.1. The number of aryl methyl sites for hydroxylation is 2.